The van der Waals surface area contributed by atoms with E-state index in [0.717, 1.165) is 22.4 Å². The summed E-state index contributed by atoms with van der Waals surface area (Å²) in [6.07, 6.45) is 3.63. The minimum atomic E-state index is -0.626. The molecule has 0 radical (unpaired) electrons. The monoisotopic (exact) mass is 421 g/mol. The predicted octanol–water partition coefficient (Wildman–Crippen LogP) is 5.12. The van der Waals surface area contributed by atoms with Gasteiger partial charge in [0.1, 0.15) is 6.04 Å². The van der Waals surface area contributed by atoms with E-state index in [4.69, 9.17) is 12.2 Å². The van der Waals surface area contributed by atoms with Gasteiger partial charge in [-0.1, -0.05) is 48.5 Å². The van der Waals surface area contributed by atoms with Gasteiger partial charge in [0.15, 0.2) is 3.95 Å². The molecule has 7 heteroatoms. The third kappa shape index (κ3) is 3.92. The molecular formula is C22H19N3O2S2. The summed E-state index contributed by atoms with van der Waals surface area (Å²) in [7, 11) is 0. The van der Waals surface area contributed by atoms with Gasteiger partial charge in [0.2, 0.25) is 11.8 Å². The van der Waals surface area contributed by atoms with Crippen LogP contribution in [0.3, 0.4) is 0 Å². The number of aromatic nitrogens is 1. The van der Waals surface area contributed by atoms with Crippen LogP contribution in [-0.2, 0) is 11.3 Å². The summed E-state index contributed by atoms with van der Waals surface area (Å²) in [6.45, 7) is 2.15. The highest BCUT2D eigenvalue weighted by Gasteiger charge is 2.22. The van der Waals surface area contributed by atoms with E-state index in [0.29, 0.717) is 15.4 Å². The molecule has 2 aromatic carbocycles. The van der Waals surface area contributed by atoms with E-state index < -0.39 is 6.04 Å². The van der Waals surface area contributed by atoms with Crippen molar-refractivity contribution < 1.29 is 9.90 Å². The Morgan fingerprint density at radius 2 is 1.97 bits per heavy atom. The lowest BCUT2D eigenvalue weighted by Gasteiger charge is -2.15. The van der Waals surface area contributed by atoms with E-state index in [1.165, 1.54) is 15.9 Å². The summed E-state index contributed by atoms with van der Waals surface area (Å²) in [6, 6.07) is 16.9. The molecule has 0 spiro atoms. The number of nitrogens with zero attached hydrogens (tertiary/aromatic N) is 2. The number of rotatable bonds is 5. The minimum Gasteiger partial charge on any atom is -0.493 e. The third-order valence-electron chi connectivity index (χ3n) is 4.76. The van der Waals surface area contributed by atoms with Gasteiger partial charge in [-0.25, -0.2) is 0 Å². The summed E-state index contributed by atoms with van der Waals surface area (Å²) >= 11 is 6.70. The van der Waals surface area contributed by atoms with E-state index in [1.807, 2.05) is 60.7 Å². The zero-order valence-corrected chi connectivity index (χ0v) is 17.3. The van der Waals surface area contributed by atoms with Gasteiger partial charge in [-0.3, -0.25) is 14.4 Å². The number of hydrogen-bond acceptors (Lipinski definition) is 5. The average molecular weight is 422 g/mol. The lowest BCUT2D eigenvalue weighted by atomic mass is 10.1. The van der Waals surface area contributed by atoms with Crippen molar-refractivity contribution >= 4 is 53.0 Å². The highest BCUT2D eigenvalue weighted by Crippen LogP contribution is 2.36. The fraction of sp³-hybridized carbons (Fsp3) is 0.136. The number of aliphatic imine (C=N–C) groups is 1. The van der Waals surface area contributed by atoms with E-state index in [2.05, 4.69) is 10.3 Å². The maximum atomic E-state index is 12.6. The van der Waals surface area contributed by atoms with Crippen LogP contribution in [0, 0.1) is 3.95 Å². The van der Waals surface area contributed by atoms with Crippen LogP contribution in [0.5, 0.6) is 5.88 Å². The SMILES string of the molecule is CC(C(=O)NCc1ccccc1)n1c(O)c(/C=C2/C=Nc3ccccc32)sc1=S. The first-order chi connectivity index (χ1) is 14.0. The largest absolute Gasteiger partial charge is 0.493 e. The molecule has 5 nitrogen and oxygen atoms in total. The number of carbonyl (C=O) groups excluding carboxylic acids is 1. The summed E-state index contributed by atoms with van der Waals surface area (Å²) in [5.41, 5.74) is 3.82. The Balaban J connectivity index is 1.56. The van der Waals surface area contributed by atoms with Crippen molar-refractivity contribution in [2.45, 2.75) is 19.5 Å². The number of hydrogen-bond donors (Lipinski definition) is 2. The highest BCUT2D eigenvalue weighted by atomic mass is 32.1. The van der Waals surface area contributed by atoms with E-state index in [1.54, 1.807) is 13.1 Å². The van der Waals surface area contributed by atoms with Crippen molar-refractivity contribution in [1.29, 1.82) is 0 Å². The molecule has 3 aromatic rings. The molecule has 4 rings (SSSR count). The van der Waals surface area contributed by atoms with E-state index >= 15 is 0 Å². The number of aromatic hydroxyl groups is 1. The Bertz CT molecular complexity index is 1180. The van der Waals surface area contributed by atoms with Gasteiger partial charge in [0, 0.05) is 23.9 Å². The first-order valence-corrected chi connectivity index (χ1v) is 10.4. The van der Waals surface area contributed by atoms with Crippen LogP contribution < -0.4 is 5.32 Å². The maximum Gasteiger partial charge on any atom is 0.243 e. The van der Waals surface area contributed by atoms with Gasteiger partial charge in [-0.15, -0.1) is 11.3 Å². The number of allylic oxidation sites excluding steroid dienone is 1. The Morgan fingerprint density at radius 3 is 2.76 bits per heavy atom. The zero-order valence-electron chi connectivity index (χ0n) is 15.7. The van der Waals surface area contributed by atoms with Gasteiger partial charge in [-0.05, 0) is 36.8 Å². The van der Waals surface area contributed by atoms with Gasteiger partial charge in [-0.2, -0.15) is 0 Å². The van der Waals surface area contributed by atoms with Crippen molar-refractivity contribution in [3.63, 3.8) is 0 Å². The highest BCUT2D eigenvalue weighted by molar-refractivity contribution is 7.73. The maximum absolute atomic E-state index is 12.6. The first-order valence-electron chi connectivity index (χ1n) is 9.15. The van der Waals surface area contributed by atoms with Crippen molar-refractivity contribution in [2.24, 2.45) is 4.99 Å². The zero-order chi connectivity index (χ0) is 20.4. The molecule has 1 aliphatic heterocycles. The molecule has 0 saturated heterocycles. The number of carbonyl (C=O) groups is 1. The Morgan fingerprint density at radius 1 is 1.24 bits per heavy atom. The Hall–Kier alpha value is -3.03. The van der Waals surface area contributed by atoms with E-state index in [-0.39, 0.29) is 11.8 Å². The molecule has 29 heavy (non-hydrogen) atoms. The molecular weight excluding hydrogens is 402 g/mol. The summed E-state index contributed by atoms with van der Waals surface area (Å²) in [5, 5.41) is 13.7. The predicted molar refractivity (Wildman–Crippen MR) is 120 cm³/mol. The molecule has 2 N–H and O–H groups in total. The number of amides is 1. The number of thiazole rings is 1. The lowest BCUT2D eigenvalue weighted by Crippen LogP contribution is -2.30. The molecule has 0 fully saturated rings. The second-order valence-corrected chi connectivity index (χ2v) is 8.36. The number of benzene rings is 2. The molecule has 1 aromatic heterocycles. The molecule has 1 amide bonds. The second-order valence-electron chi connectivity index (χ2n) is 6.68. The number of para-hydroxylation sites is 1. The van der Waals surface area contributed by atoms with Crippen LogP contribution in [0.1, 0.15) is 29.0 Å². The Labute approximate surface area is 177 Å². The van der Waals surface area contributed by atoms with Crippen molar-refractivity contribution in [1.82, 2.24) is 9.88 Å². The quantitative estimate of drug-likeness (QED) is 0.562. The standard InChI is InChI=1S/C22H19N3O2S2/c1-14(20(26)24-12-15-7-3-2-4-8-15)25-21(27)19(29-22(25)28)11-16-13-23-18-10-6-5-9-17(16)18/h2-11,13-14,27H,12H2,1H3,(H,24,26)/b16-11-. The molecule has 0 saturated carbocycles. The molecule has 1 aliphatic rings. The lowest BCUT2D eigenvalue weighted by molar-refractivity contribution is -0.124. The van der Waals surface area contributed by atoms with Crippen LogP contribution in [0.25, 0.3) is 11.6 Å². The second kappa shape index (κ2) is 8.14. The minimum absolute atomic E-state index is 0.00681. The van der Waals surface area contributed by atoms with Crippen LogP contribution in [0.2, 0.25) is 0 Å². The smallest absolute Gasteiger partial charge is 0.243 e. The summed E-state index contributed by atoms with van der Waals surface area (Å²) in [5.74, 6) is -0.210. The van der Waals surface area contributed by atoms with Gasteiger partial charge in [0.25, 0.3) is 0 Å². The van der Waals surface area contributed by atoms with Crippen LogP contribution in [0.15, 0.2) is 59.6 Å². The fourth-order valence-electron chi connectivity index (χ4n) is 3.17. The Kier molecular flexibility index (Phi) is 5.42. The van der Waals surface area contributed by atoms with Crippen LogP contribution in [-0.4, -0.2) is 21.8 Å². The van der Waals surface area contributed by atoms with Crippen LogP contribution >= 0.6 is 23.6 Å². The molecule has 1 unspecified atom stereocenters. The van der Waals surface area contributed by atoms with Crippen molar-refractivity contribution in [3.05, 3.63) is 74.6 Å². The summed E-state index contributed by atoms with van der Waals surface area (Å²) in [4.78, 5) is 17.6. The van der Waals surface area contributed by atoms with Crippen molar-refractivity contribution in [3.8, 4) is 5.88 Å². The number of fused-ring (bicyclic) bond motifs is 1. The number of nitrogens with one attached hydrogen (secondary N) is 1. The molecule has 0 bridgehead atoms. The molecule has 0 aliphatic carbocycles. The topological polar surface area (TPSA) is 66.6 Å². The summed E-state index contributed by atoms with van der Waals surface area (Å²) < 4.78 is 1.94. The molecule has 1 atom stereocenters. The fourth-order valence-corrected chi connectivity index (χ4v) is 4.60. The van der Waals surface area contributed by atoms with Gasteiger partial charge < -0.3 is 10.4 Å². The average Bonchev–Trinajstić information content (AvgIpc) is 3.27. The van der Waals surface area contributed by atoms with Crippen molar-refractivity contribution in [2.75, 3.05) is 0 Å². The van der Waals surface area contributed by atoms with Gasteiger partial charge in [0.05, 0.1) is 10.6 Å². The van der Waals surface area contributed by atoms with Crippen LogP contribution in [0.4, 0.5) is 5.69 Å². The molecule has 146 valence electrons. The first kappa shape index (κ1) is 19.3. The molecule has 2 heterocycles. The third-order valence-corrected chi connectivity index (χ3v) is 6.10. The van der Waals surface area contributed by atoms with Gasteiger partial charge >= 0.3 is 0 Å². The van der Waals surface area contributed by atoms with E-state index in [9.17, 15) is 9.90 Å². The normalized spacial score (nSPS) is 14.7.